The van der Waals surface area contributed by atoms with E-state index in [9.17, 15) is 14.4 Å². The molecule has 0 aliphatic heterocycles. The molecule has 0 fully saturated rings. The smallest absolute Gasteiger partial charge is 0.239 e. The zero-order chi connectivity index (χ0) is 22.8. The topological polar surface area (TPSA) is 84.9 Å². The van der Waals surface area contributed by atoms with Gasteiger partial charge in [-0.1, -0.05) is 12.0 Å². The minimum Gasteiger partial charge on any atom is -0.493 e. The number of hydrogen-bond acceptors (Lipinski definition) is 5. The van der Waals surface area contributed by atoms with Gasteiger partial charge in [-0.15, -0.1) is 6.42 Å². The van der Waals surface area contributed by atoms with Crippen LogP contribution in [0.15, 0.2) is 42.5 Å². The molecule has 0 saturated carbocycles. The lowest BCUT2D eigenvalue weighted by atomic mass is 10.1. The molecule has 0 unspecified atom stereocenters. The number of ketones is 1. The molecule has 0 aliphatic rings. The van der Waals surface area contributed by atoms with Crippen LogP contribution in [0.25, 0.3) is 0 Å². The second-order valence-corrected chi connectivity index (χ2v) is 6.72. The van der Waals surface area contributed by atoms with Gasteiger partial charge in [0, 0.05) is 30.3 Å². The number of amides is 2. The van der Waals surface area contributed by atoms with Crippen LogP contribution in [0.1, 0.15) is 35.7 Å². The van der Waals surface area contributed by atoms with E-state index in [1.165, 1.54) is 26.0 Å². The fourth-order valence-corrected chi connectivity index (χ4v) is 2.86. The van der Waals surface area contributed by atoms with Gasteiger partial charge in [-0.3, -0.25) is 14.4 Å². The van der Waals surface area contributed by atoms with Crippen molar-refractivity contribution < 1.29 is 23.9 Å². The van der Waals surface area contributed by atoms with E-state index in [1.54, 1.807) is 42.5 Å². The summed E-state index contributed by atoms with van der Waals surface area (Å²) in [6, 6.07) is 11.9. The second-order valence-electron chi connectivity index (χ2n) is 6.72. The fourth-order valence-electron chi connectivity index (χ4n) is 2.86. The van der Waals surface area contributed by atoms with Crippen LogP contribution in [0.4, 0.5) is 5.69 Å². The maximum absolute atomic E-state index is 12.8. The highest BCUT2D eigenvalue weighted by Gasteiger charge is 2.19. The van der Waals surface area contributed by atoms with Crippen LogP contribution in [-0.4, -0.2) is 44.9 Å². The Morgan fingerprint density at radius 2 is 1.90 bits per heavy atom. The van der Waals surface area contributed by atoms with Crippen molar-refractivity contribution in [1.29, 1.82) is 0 Å². The standard InChI is InChI=1S/C24H26N2O5/c1-5-18-8-6-9-20(14-18)26(16-23(28)25-3)24(29)10-7-13-31-21-12-11-19(17(2)27)15-22(21)30-4/h1,6,8-9,11-12,14-15H,7,10,13,16H2,2-4H3,(H,25,28). The summed E-state index contributed by atoms with van der Waals surface area (Å²) < 4.78 is 11.0. The minimum atomic E-state index is -0.286. The molecule has 0 aromatic heterocycles. The lowest BCUT2D eigenvalue weighted by Gasteiger charge is -2.22. The Balaban J connectivity index is 2.02. The summed E-state index contributed by atoms with van der Waals surface area (Å²) in [4.78, 5) is 37.6. The van der Waals surface area contributed by atoms with Crippen LogP contribution in [0.3, 0.4) is 0 Å². The zero-order valence-corrected chi connectivity index (χ0v) is 17.9. The maximum atomic E-state index is 12.8. The van der Waals surface area contributed by atoms with Gasteiger partial charge in [-0.2, -0.15) is 0 Å². The van der Waals surface area contributed by atoms with Crippen molar-refractivity contribution in [3.05, 3.63) is 53.6 Å². The van der Waals surface area contributed by atoms with E-state index in [0.717, 1.165) is 0 Å². The Kier molecular flexibility index (Phi) is 8.64. The summed E-state index contributed by atoms with van der Waals surface area (Å²) >= 11 is 0. The molecule has 0 saturated heterocycles. The molecule has 2 amide bonds. The number of ether oxygens (including phenoxy) is 2. The van der Waals surface area contributed by atoms with Gasteiger partial charge < -0.3 is 19.7 Å². The SMILES string of the molecule is C#Cc1cccc(N(CC(=O)NC)C(=O)CCCOc2ccc(C(C)=O)cc2OC)c1. The molecule has 0 spiro atoms. The first-order valence-electron chi connectivity index (χ1n) is 9.79. The van der Waals surface area contributed by atoms with Crippen molar-refractivity contribution in [2.24, 2.45) is 0 Å². The number of carbonyl (C=O) groups excluding carboxylic acids is 3. The molecule has 2 rings (SSSR count). The van der Waals surface area contributed by atoms with Gasteiger partial charge in [-0.25, -0.2) is 0 Å². The number of benzene rings is 2. The molecule has 31 heavy (non-hydrogen) atoms. The lowest BCUT2D eigenvalue weighted by molar-refractivity contribution is -0.123. The van der Waals surface area contributed by atoms with Crippen LogP contribution in [0.5, 0.6) is 11.5 Å². The molecule has 1 N–H and O–H groups in total. The van der Waals surface area contributed by atoms with E-state index >= 15 is 0 Å². The fraction of sp³-hybridized carbons (Fsp3) is 0.292. The number of carbonyl (C=O) groups is 3. The van der Waals surface area contributed by atoms with Crippen LogP contribution in [0, 0.1) is 12.3 Å². The van der Waals surface area contributed by atoms with Gasteiger partial charge in [0.05, 0.1) is 13.7 Å². The summed E-state index contributed by atoms with van der Waals surface area (Å²) in [5.41, 5.74) is 1.71. The van der Waals surface area contributed by atoms with Crippen molar-refractivity contribution in [2.75, 3.05) is 32.2 Å². The number of Topliss-reactive ketones (excluding diaryl/α,β-unsaturated/α-hetero) is 1. The second kappa shape index (κ2) is 11.4. The molecule has 7 nitrogen and oxygen atoms in total. The third-order valence-electron chi connectivity index (χ3n) is 4.57. The van der Waals surface area contributed by atoms with E-state index in [-0.39, 0.29) is 37.2 Å². The molecule has 2 aromatic rings. The van der Waals surface area contributed by atoms with E-state index in [0.29, 0.717) is 34.7 Å². The van der Waals surface area contributed by atoms with Crippen molar-refractivity contribution in [2.45, 2.75) is 19.8 Å². The Morgan fingerprint density at radius 1 is 1.13 bits per heavy atom. The summed E-state index contributed by atoms with van der Waals surface area (Å²) in [7, 11) is 3.01. The predicted octanol–water partition coefficient (Wildman–Crippen LogP) is 2.82. The highest BCUT2D eigenvalue weighted by Crippen LogP contribution is 2.28. The van der Waals surface area contributed by atoms with E-state index < -0.39 is 0 Å². The van der Waals surface area contributed by atoms with Crippen LogP contribution in [-0.2, 0) is 9.59 Å². The summed E-state index contributed by atoms with van der Waals surface area (Å²) in [5.74, 6) is 2.89. The average Bonchev–Trinajstić information content (AvgIpc) is 2.79. The Labute approximate surface area is 182 Å². The average molecular weight is 422 g/mol. The molecule has 162 valence electrons. The van der Waals surface area contributed by atoms with Crippen molar-refractivity contribution in [3.8, 4) is 23.8 Å². The zero-order valence-electron chi connectivity index (χ0n) is 17.9. The van der Waals surface area contributed by atoms with Gasteiger partial charge in [0.25, 0.3) is 0 Å². The molecule has 0 heterocycles. The number of likely N-dealkylation sites (N-methyl/N-ethyl adjacent to an activating group) is 1. The van der Waals surface area contributed by atoms with Crippen LogP contribution in [0.2, 0.25) is 0 Å². The number of terminal acetylenes is 1. The molecule has 7 heteroatoms. The monoisotopic (exact) mass is 422 g/mol. The van der Waals surface area contributed by atoms with Gasteiger partial charge in [-0.05, 0) is 49.7 Å². The van der Waals surface area contributed by atoms with Crippen molar-refractivity contribution >= 4 is 23.3 Å². The summed E-state index contributed by atoms with van der Waals surface area (Å²) in [6.07, 6.45) is 6.05. The third kappa shape index (κ3) is 6.61. The minimum absolute atomic E-state index is 0.0689. The first kappa shape index (κ1) is 23.5. The van der Waals surface area contributed by atoms with E-state index in [1.807, 2.05) is 0 Å². The van der Waals surface area contributed by atoms with Crippen molar-refractivity contribution in [1.82, 2.24) is 5.32 Å². The largest absolute Gasteiger partial charge is 0.493 e. The summed E-state index contributed by atoms with van der Waals surface area (Å²) in [6.45, 7) is 1.63. The lowest BCUT2D eigenvalue weighted by Crippen LogP contribution is -2.39. The number of rotatable bonds is 10. The Bertz CT molecular complexity index is 994. The van der Waals surface area contributed by atoms with Gasteiger partial charge in [0.2, 0.25) is 11.8 Å². The molecule has 0 aliphatic carbocycles. The molecule has 0 radical (unpaired) electrons. The maximum Gasteiger partial charge on any atom is 0.239 e. The number of nitrogens with zero attached hydrogens (tertiary/aromatic N) is 1. The van der Waals surface area contributed by atoms with E-state index in [2.05, 4.69) is 11.2 Å². The molecule has 0 atom stereocenters. The van der Waals surface area contributed by atoms with Crippen LogP contribution >= 0.6 is 0 Å². The first-order chi connectivity index (χ1) is 14.9. The first-order valence-corrected chi connectivity index (χ1v) is 9.79. The Morgan fingerprint density at radius 3 is 2.55 bits per heavy atom. The number of nitrogens with one attached hydrogen (secondary N) is 1. The van der Waals surface area contributed by atoms with Gasteiger partial charge >= 0.3 is 0 Å². The molecular weight excluding hydrogens is 396 g/mol. The van der Waals surface area contributed by atoms with Crippen molar-refractivity contribution in [3.63, 3.8) is 0 Å². The summed E-state index contributed by atoms with van der Waals surface area (Å²) in [5, 5.41) is 2.53. The molecular formula is C24H26N2O5. The number of methoxy groups -OCH3 is 1. The third-order valence-corrected chi connectivity index (χ3v) is 4.57. The normalized spacial score (nSPS) is 10.0. The number of anilines is 1. The van der Waals surface area contributed by atoms with E-state index in [4.69, 9.17) is 15.9 Å². The quantitative estimate of drug-likeness (QED) is 0.362. The predicted molar refractivity (Wildman–Crippen MR) is 119 cm³/mol. The molecule has 0 bridgehead atoms. The molecule has 2 aromatic carbocycles. The number of hydrogen-bond donors (Lipinski definition) is 1. The highest BCUT2D eigenvalue weighted by molar-refractivity contribution is 5.98. The van der Waals surface area contributed by atoms with Gasteiger partial charge in [0.1, 0.15) is 6.54 Å². The Hall–Kier alpha value is -3.79. The highest BCUT2D eigenvalue weighted by atomic mass is 16.5. The van der Waals surface area contributed by atoms with Crippen LogP contribution < -0.4 is 19.7 Å². The van der Waals surface area contributed by atoms with Gasteiger partial charge in [0.15, 0.2) is 17.3 Å².